The maximum atomic E-state index is 13.0. The number of nitrogens with zero attached hydrogens (tertiary/aromatic N) is 2. The molecule has 1 aliphatic carbocycles. The third-order valence-corrected chi connectivity index (χ3v) is 7.17. The van der Waals surface area contributed by atoms with Gasteiger partial charge in [0.25, 0.3) is 0 Å². The van der Waals surface area contributed by atoms with Gasteiger partial charge in [-0.3, -0.25) is 9.69 Å². The Kier molecular flexibility index (Phi) is 5.63. The van der Waals surface area contributed by atoms with Gasteiger partial charge >= 0.3 is 0 Å². The molecule has 1 saturated heterocycles. The van der Waals surface area contributed by atoms with Crippen LogP contribution in [0.5, 0.6) is 5.75 Å². The highest BCUT2D eigenvalue weighted by Crippen LogP contribution is 2.34. The number of carbonyl (C=O) groups is 1. The van der Waals surface area contributed by atoms with Crippen LogP contribution in [0.3, 0.4) is 0 Å². The van der Waals surface area contributed by atoms with E-state index in [1.807, 2.05) is 30.3 Å². The number of imidazole rings is 1. The van der Waals surface area contributed by atoms with Crippen LogP contribution in [0.4, 0.5) is 0 Å². The van der Waals surface area contributed by atoms with Crippen molar-refractivity contribution in [1.29, 1.82) is 0 Å². The van der Waals surface area contributed by atoms with Crippen LogP contribution in [0.15, 0.2) is 47.6 Å². The number of likely N-dealkylation sites (tertiary alicyclic amines) is 1. The molecule has 0 unspecified atom stereocenters. The molecule has 1 amide bonds. The molecule has 0 spiro atoms. The zero-order valence-corrected chi connectivity index (χ0v) is 18.7. The van der Waals surface area contributed by atoms with E-state index in [1.165, 1.54) is 5.56 Å². The molecule has 0 radical (unpaired) electrons. The first-order valence-electron chi connectivity index (χ1n) is 10.9. The standard InChI is InChI=1S/C24H28N4O2S/c1-15-11-16(7-10-22(15)30-2)13-28-14-18(12-21(28)23(29)25-17-8-9-17)31-24-26-19-5-3-4-6-20(19)27-24/h3-7,10-11,17-18,21H,8-9,12-14H2,1-2H3,(H,25,29)(H,26,27)/t18-,21+/m1/s1. The lowest BCUT2D eigenvalue weighted by Gasteiger charge is -2.24. The average Bonchev–Trinajstić information content (AvgIpc) is 3.33. The fraction of sp³-hybridized carbons (Fsp3) is 0.417. The van der Waals surface area contributed by atoms with Crippen LogP contribution in [0.1, 0.15) is 30.4 Å². The van der Waals surface area contributed by atoms with Crippen molar-refractivity contribution in [3.63, 3.8) is 0 Å². The molecule has 3 aromatic rings. The highest BCUT2D eigenvalue weighted by molar-refractivity contribution is 7.99. The Hall–Kier alpha value is -2.51. The monoisotopic (exact) mass is 436 g/mol. The first-order valence-corrected chi connectivity index (χ1v) is 11.8. The Labute approximate surface area is 186 Å². The summed E-state index contributed by atoms with van der Waals surface area (Å²) < 4.78 is 5.40. The second-order valence-corrected chi connectivity index (χ2v) is 9.86. The fourth-order valence-electron chi connectivity index (χ4n) is 4.34. The van der Waals surface area contributed by atoms with Crippen molar-refractivity contribution in [2.24, 2.45) is 0 Å². The lowest BCUT2D eigenvalue weighted by molar-refractivity contribution is -0.125. The molecule has 5 rings (SSSR count). The Balaban J connectivity index is 1.32. The van der Waals surface area contributed by atoms with Crippen LogP contribution in [0, 0.1) is 6.92 Å². The number of H-pyrrole nitrogens is 1. The van der Waals surface area contributed by atoms with E-state index in [-0.39, 0.29) is 11.9 Å². The molecule has 2 aliphatic rings. The molecular formula is C24H28N4O2S. The average molecular weight is 437 g/mol. The van der Waals surface area contributed by atoms with Crippen molar-refractivity contribution in [3.05, 3.63) is 53.6 Å². The highest BCUT2D eigenvalue weighted by atomic mass is 32.2. The molecule has 2 atom stereocenters. The van der Waals surface area contributed by atoms with Crippen molar-refractivity contribution in [1.82, 2.24) is 20.2 Å². The zero-order chi connectivity index (χ0) is 21.4. The van der Waals surface area contributed by atoms with Crippen LogP contribution in [-0.4, -0.2) is 51.8 Å². The number of amides is 1. The van der Waals surface area contributed by atoms with Crippen molar-refractivity contribution >= 4 is 28.7 Å². The molecule has 1 aromatic heterocycles. The molecule has 1 saturated carbocycles. The Morgan fingerprint density at radius 2 is 2.13 bits per heavy atom. The third kappa shape index (κ3) is 4.57. The number of benzene rings is 2. The number of hydrogen-bond donors (Lipinski definition) is 2. The predicted octanol–water partition coefficient (Wildman–Crippen LogP) is 3.89. The second-order valence-electron chi connectivity index (χ2n) is 8.57. The second kappa shape index (κ2) is 8.55. The number of rotatable bonds is 7. The molecule has 0 bridgehead atoms. The lowest BCUT2D eigenvalue weighted by atomic mass is 10.1. The van der Waals surface area contributed by atoms with Gasteiger partial charge in [-0.05, 0) is 55.5 Å². The van der Waals surface area contributed by atoms with E-state index in [0.717, 1.165) is 59.9 Å². The van der Waals surface area contributed by atoms with Gasteiger partial charge in [0.05, 0.1) is 24.2 Å². The van der Waals surface area contributed by atoms with Crippen molar-refractivity contribution in [2.45, 2.75) is 55.2 Å². The lowest BCUT2D eigenvalue weighted by Crippen LogP contribution is -2.43. The van der Waals surface area contributed by atoms with Crippen LogP contribution in [0.2, 0.25) is 0 Å². The summed E-state index contributed by atoms with van der Waals surface area (Å²) in [5.74, 6) is 1.06. The maximum absolute atomic E-state index is 13.0. The Morgan fingerprint density at radius 3 is 2.87 bits per heavy atom. The SMILES string of the molecule is COc1ccc(CN2C[C@H](Sc3nc4ccccc4[nH]3)C[C@H]2C(=O)NC2CC2)cc1C. The minimum absolute atomic E-state index is 0.107. The van der Waals surface area contributed by atoms with Gasteiger partial charge in [0.2, 0.25) is 5.91 Å². The maximum Gasteiger partial charge on any atom is 0.237 e. The zero-order valence-electron chi connectivity index (χ0n) is 17.9. The number of thioether (sulfide) groups is 1. The smallest absolute Gasteiger partial charge is 0.237 e. The highest BCUT2D eigenvalue weighted by Gasteiger charge is 2.39. The number of nitrogens with one attached hydrogen (secondary N) is 2. The van der Waals surface area contributed by atoms with Gasteiger partial charge in [-0.15, -0.1) is 0 Å². The number of carbonyl (C=O) groups excluding carboxylic acids is 1. The molecule has 2 N–H and O–H groups in total. The normalized spacial score (nSPS) is 21.5. The summed E-state index contributed by atoms with van der Waals surface area (Å²) in [7, 11) is 1.70. The summed E-state index contributed by atoms with van der Waals surface area (Å²) in [6.45, 7) is 3.67. The summed E-state index contributed by atoms with van der Waals surface area (Å²) in [6, 6.07) is 14.6. The minimum atomic E-state index is -0.107. The van der Waals surface area contributed by atoms with Gasteiger partial charge in [0, 0.05) is 24.4 Å². The fourth-order valence-corrected chi connectivity index (χ4v) is 5.52. The van der Waals surface area contributed by atoms with Crippen LogP contribution >= 0.6 is 11.8 Å². The molecule has 2 fully saturated rings. The molecule has 162 valence electrons. The summed E-state index contributed by atoms with van der Waals surface area (Å²) in [5, 5.41) is 4.45. The molecule has 2 heterocycles. The number of fused-ring (bicyclic) bond motifs is 1. The number of hydrogen-bond acceptors (Lipinski definition) is 5. The van der Waals surface area contributed by atoms with Crippen LogP contribution in [0.25, 0.3) is 11.0 Å². The quantitative estimate of drug-likeness (QED) is 0.588. The van der Waals surface area contributed by atoms with E-state index in [0.29, 0.717) is 11.3 Å². The Morgan fingerprint density at radius 1 is 1.29 bits per heavy atom. The van der Waals surface area contributed by atoms with Gasteiger partial charge in [0.1, 0.15) is 5.75 Å². The number of para-hydroxylation sites is 2. The van der Waals surface area contributed by atoms with Crippen molar-refractivity contribution < 1.29 is 9.53 Å². The first kappa shape index (κ1) is 20.4. The summed E-state index contributed by atoms with van der Waals surface area (Å²) >= 11 is 1.75. The summed E-state index contributed by atoms with van der Waals surface area (Å²) in [6.07, 6.45) is 3.04. The molecule has 31 heavy (non-hydrogen) atoms. The first-order chi connectivity index (χ1) is 15.1. The van der Waals surface area contributed by atoms with E-state index in [1.54, 1.807) is 18.9 Å². The van der Waals surface area contributed by atoms with Crippen molar-refractivity contribution in [3.8, 4) is 5.75 Å². The van der Waals surface area contributed by atoms with Gasteiger partial charge in [-0.25, -0.2) is 4.98 Å². The predicted molar refractivity (Wildman–Crippen MR) is 123 cm³/mol. The molecular weight excluding hydrogens is 408 g/mol. The van der Waals surface area contributed by atoms with E-state index in [4.69, 9.17) is 9.72 Å². The van der Waals surface area contributed by atoms with Crippen molar-refractivity contribution in [2.75, 3.05) is 13.7 Å². The Bertz CT molecular complexity index is 1060. The summed E-state index contributed by atoms with van der Waals surface area (Å²) in [4.78, 5) is 23.4. The largest absolute Gasteiger partial charge is 0.496 e. The molecule has 7 heteroatoms. The molecule has 1 aliphatic heterocycles. The van der Waals surface area contributed by atoms with Gasteiger partial charge < -0.3 is 15.0 Å². The molecule has 2 aromatic carbocycles. The number of aromatic nitrogens is 2. The number of aryl methyl sites for hydroxylation is 1. The van der Waals surface area contributed by atoms with E-state index >= 15 is 0 Å². The minimum Gasteiger partial charge on any atom is -0.496 e. The number of aromatic amines is 1. The topological polar surface area (TPSA) is 70.2 Å². The molecule has 6 nitrogen and oxygen atoms in total. The van der Waals surface area contributed by atoms with Gasteiger partial charge in [-0.1, -0.05) is 36.0 Å². The number of ether oxygens (including phenoxy) is 1. The van der Waals surface area contributed by atoms with E-state index < -0.39 is 0 Å². The number of methoxy groups -OCH3 is 1. The van der Waals surface area contributed by atoms with Crippen LogP contribution < -0.4 is 10.1 Å². The van der Waals surface area contributed by atoms with Gasteiger partial charge in [-0.2, -0.15) is 0 Å². The third-order valence-electron chi connectivity index (χ3n) is 6.08. The summed E-state index contributed by atoms with van der Waals surface area (Å²) in [5.41, 5.74) is 4.36. The van der Waals surface area contributed by atoms with E-state index in [2.05, 4.69) is 34.3 Å². The van der Waals surface area contributed by atoms with Gasteiger partial charge in [0.15, 0.2) is 5.16 Å². The van der Waals surface area contributed by atoms with E-state index in [9.17, 15) is 4.79 Å². The van der Waals surface area contributed by atoms with Crippen LogP contribution in [-0.2, 0) is 11.3 Å².